The lowest BCUT2D eigenvalue weighted by molar-refractivity contribution is -0.122. The largest absolute Gasteiger partial charge is 0.497 e. The lowest BCUT2D eigenvalue weighted by Gasteiger charge is -2.13. The number of rotatable bonds is 6. The van der Waals surface area contributed by atoms with Crippen molar-refractivity contribution in [1.29, 1.82) is 0 Å². The second-order valence-corrected chi connectivity index (χ2v) is 9.60. The summed E-state index contributed by atoms with van der Waals surface area (Å²) < 4.78 is 6.63. The minimum Gasteiger partial charge on any atom is -0.497 e. The van der Waals surface area contributed by atoms with E-state index in [4.69, 9.17) is 17.0 Å². The first-order valence-corrected chi connectivity index (χ1v) is 11.5. The van der Waals surface area contributed by atoms with Crippen molar-refractivity contribution in [3.05, 3.63) is 58.5 Å². The molecule has 4 rings (SSSR count). The second kappa shape index (κ2) is 9.17. The Hall–Kier alpha value is -2.75. The van der Waals surface area contributed by atoms with Crippen molar-refractivity contribution in [1.82, 2.24) is 9.88 Å². The van der Waals surface area contributed by atoms with Gasteiger partial charge in [-0.1, -0.05) is 53.5 Å². The molecule has 1 aliphatic heterocycles. The Morgan fingerprint density at radius 3 is 2.77 bits per heavy atom. The Bertz CT molecular complexity index is 1200. The van der Waals surface area contributed by atoms with E-state index in [2.05, 4.69) is 10.3 Å². The Balaban J connectivity index is 1.37. The van der Waals surface area contributed by atoms with Crippen LogP contribution >= 0.6 is 35.3 Å². The van der Waals surface area contributed by atoms with Crippen molar-refractivity contribution in [3.63, 3.8) is 0 Å². The van der Waals surface area contributed by atoms with Gasteiger partial charge in [0.15, 0.2) is 5.13 Å². The predicted molar refractivity (Wildman–Crippen MR) is 130 cm³/mol. The molecule has 6 nitrogen and oxygen atoms in total. The van der Waals surface area contributed by atoms with E-state index in [-0.39, 0.29) is 24.8 Å². The van der Waals surface area contributed by atoms with Crippen LogP contribution in [0.3, 0.4) is 0 Å². The molecule has 1 aliphatic rings. The molecule has 1 aromatic heterocycles. The number of hydrogen-bond donors (Lipinski definition) is 1. The Kier molecular flexibility index (Phi) is 6.35. The molecule has 1 fully saturated rings. The zero-order valence-electron chi connectivity index (χ0n) is 16.9. The molecule has 3 aromatic rings. The van der Waals surface area contributed by atoms with Crippen LogP contribution in [0, 0.1) is 6.92 Å². The van der Waals surface area contributed by atoms with E-state index in [0.717, 1.165) is 27.1 Å². The molecule has 0 radical (unpaired) electrons. The van der Waals surface area contributed by atoms with Crippen molar-refractivity contribution in [2.24, 2.45) is 0 Å². The number of ether oxygens (including phenoxy) is 1. The molecule has 2 aromatic carbocycles. The lowest BCUT2D eigenvalue weighted by atomic mass is 10.2. The van der Waals surface area contributed by atoms with E-state index < -0.39 is 0 Å². The number of nitrogens with one attached hydrogen (secondary N) is 1. The number of nitrogens with zero attached hydrogens (tertiary/aromatic N) is 2. The fourth-order valence-electron chi connectivity index (χ4n) is 3.02. The molecule has 0 spiro atoms. The summed E-state index contributed by atoms with van der Waals surface area (Å²) in [6.07, 6.45) is 1.93. The van der Waals surface area contributed by atoms with E-state index in [9.17, 15) is 9.59 Å². The van der Waals surface area contributed by atoms with Gasteiger partial charge in [-0.3, -0.25) is 14.5 Å². The quantitative estimate of drug-likeness (QED) is 0.411. The highest BCUT2D eigenvalue weighted by Crippen LogP contribution is 2.33. The molecular weight excluding hydrogens is 450 g/mol. The smallest absolute Gasteiger partial charge is 0.266 e. The maximum Gasteiger partial charge on any atom is 0.266 e. The summed E-state index contributed by atoms with van der Waals surface area (Å²) in [4.78, 5) is 31.6. The van der Waals surface area contributed by atoms with Gasteiger partial charge in [-0.05, 0) is 48.4 Å². The van der Waals surface area contributed by atoms with Gasteiger partial charge in [0.2, 0.25) is 5.91 Å². The molecule has 0 saturated carbocycles. The van der Waals surface area contributed by atoms with Crippen molar-refractivity contribution in [2.75, 3.05) is 19.0 Å². The number of carbonyl (C=O) groups excluding carboxylic acids is 2. The molecule has 9 heteroatoms. The van der Waals surface area contributed by atoms with Crippen LogP contribution in [0.1, 0.15) is 17.5 Å². The van der Waals surface area contributed by atoms with Gasteiger partial charge in [-0.25, -0.2) is 4.98 Å². The van der Waals surface area contributed by atoms with Crippen molar-refractivity contribution < 1.29 is 14.3 Å². The van der Waals surface area contributed by atoms with E-state index in [0.29, 0.717) is 14.4 Å². The Labute approximate surface area is 193 Å². The molecule has 2 amide bonds. The first-order chi connectivity index (χ1) is 14.9. The molecule has 0 bridgehead atoms. The zero-order valence-corrected chi connectivity index (χ0v) is 19.3. The van der Waals surface area contributed by atoms with Crippen molar-refractivity contribution in [3.8, 4) is 5.75 Å². The summed E-state index contributed by atoms with van der Waals surface area (Å²) in [6.45, 7) is 2.24. The van der Waals surface area contributed by atoms with Crippen LogP contribution in [-0.2, 0) is 9.59 Å². The number of anilines is 1. The van der Waals surface area contributed by atoms with Crippen molar-refractivity contribution in [2.45, 2.75) is 13.3 Å². The third kappa shape index (κ3) is 4.95. The number of thiocarbonyl (C=S) groups is 1. The number of aromatic nitrogens is 1. The summed E-state index contributed by atoms with van der Waals surface area (Å²) in [7, 11) is 1.61. The van der Waals surface area contributed by atoms with Gasteiger partial charge in [0.1, 0.15) is 10.1 Å². The Morgan fingerprint density at radius 2 is 2.03 bits per heavy atom. The summed E-state index contributed by atoms with van der Waals surface area (Å²) in [5.41, 5.74) is 2.88. The average molecular weight is 470 g/mol. The zero-order chi connectivity index (χ0) is 22.0. The van der Waals surface area contributed by atoms with Gasteiger partial charge in [-0.2, -0.15) is 0 Å². The molecule has 158 valence electrons. The number of fused-ring (bicyclic) bond motifs is 1. The molecule has 2 heterocycles. The summed E-state index contributed by atoms with van der Waals surface area (Å²) in [5, 5.41) is 3.37. The molecule has 1 saturated heterocycles. The third-order valence-corrected chi connectivity index (χ3v) is 6.95. The maximum atomic E-state index is 12.7. The van der Waals surface area contributed by atoms with Gasteiger partial charge >= 0.3 is 0 Å². The highest BCUT2D eigenvalue weighted by molar-refractivity contribution is 8.26. The van der Waals surface area contributed by atoms with E-state index in [1.54, 1.807) is 13.2 Å². The minimum absolute atomic E-state index is 0.136. The fourth-order valence-corrected chi connectivity index (χ4v) is 5.31. The highest BCUT2D eigenvalue weighted by atomic mass is 32.2. The topological polar surface area (TPSA) is 71.5 Å². The summed E-state index contributed by atoms with van der Waals surface area (Å²) in [5.74, 6) is 0.358. The second-order valence-electron chi connectivity index (χ2n) is 6.89. The number of thiazole rings is 1. The van der Waals surface area contributed by atoms with E-state index >= 15 is 0 Å². The number of amides is 2. The Morgan fingerprint density at radius 1 is 1.26 bits per heavy atom. The van der Waals surface area contributed by atoms with Crippen LogP contribution in [-0.4, -0.2) is 39.7 Å². The van der Waals surface area contributed by atoms with Crippen LogP contribution in [0.4, 0.5) is 5.13 Å². The van der Waals surface area contributed by atoms with Crippen LogP contribution in [0.2, 0.25) is 0 Å². The number of methoxy groups -OCH3 is 1. The third-order valence-electron chi connectivity index (χ3n) is 4.64. The van der Waals surface area contributed by atoms with Crippen LogP contribution in [0.15, 0.2) is 47.4 Å². The molecule has 0 atom stereocenters. The number of hydrogen-bond acceptors (Lipinski definition) is 7. The molecule has 0 unspecified atom stereocenters. The molecule has 31 heavy (non-hydrogen) atoms. The predicted octanol–water partition coefficient (Wildman–Crippen LogP) is 4.84. The first-order valence-electron chi connectivity index (χ1n) is 9.49. The minimum atomic E-state index is -0.205. The molecule has 0 aliphatic carbocycles. The summed E-state index contributed by atoms with van der Waals surface area (Å²) in [6, 6.07) is 13.4. The standard InChI is InChI=1S/C22H19N3O3S3/c1-13-3-8-16-17(11-13)30-21(23-16)24-19(26)9-10-25-20(27)18(31-22(25)29)12-14-4-6-15(28-2)7-5-14/h3-8,11-12H,9-10H2,1-2H3,(H,23,24,26)/b18-12-. The number of carbonyl (C=O) groups is 2. The van der Waals surface area contributed by atoms with Gasteiger partial charge in [0, 0.05) is 13.0 Å². The van der Waals surface area contributed by atoms with Crippen LogP contribution in [0.5, 0.6) is 5.75 Å². The molecule has 1 N–H and O–H groups in total. The highest BCUT2D eigenvalue weighted by Gasteiger charge is 2.32. The molecular formula is C22H19N3O3S3. The normalized spacial score (nSPS) is 15.2. The fraction of sp³-hybridized carbons (Fsp3) is 0.182. The number of thioether (sulfide) groups is 1. The summed E-state index contributed by atoms with van der Waals surface area (Å²) >= 11 is 8.03. The van der Waals surface area contributed by atoms with Crippen LogP contribution < -0.4 is 10.1 Å². The van der Waals surface area contributed by atoms with Gasteiger partial charge < -0.3 is 10.1 Å². The van der Waals surface area contributed by atoms with E-state index in [1.165, 1.54) is 28.0 Å². The monoisotopic (exact) mass is 469 g/mol. The number of aryl methyl sites for hydroxylation is 1. The first kappa shape index (κ1) is 21.5. The average Bonchev–Trinajstić information content (AvgIpc) is 3.26. The van der Waals surface area contributed by atoms with Crippen LogP contribution in [0.25, 0.3) is 16.3 Å². The van der Waals surface area contributed by atoms with Gasteiger partial charge in [-0.15, -0.1) is 0 Å². The van der Waals surface area contributed by atoms with E-state index in [1.807, 2.05) is 49.4 Å². The number of benzene rings is 2. The van der Waals surface area contributed by atoms with Crippen molar-refractivity contribution >= 4 is 72.9 Å². The van der Waals surface area contributed by atoms with Gasteiger partial charge in [0.25, 0.3) is 5.91 Å². The maximum absolute atomic E-state index is 12.7. The van der Waals surface area contributed by atoms with Gasteiger partial charge in [0.05, 0.1) is 22.2 Å². The lowest BCUT2D eigenvalue weighted by Crippen LogP contribution is -2.31. The SMILES string of the molecule is COc1ccc(/C=C2\SC(=S)N(CCC(=O)Nc3nc4ccc(C)cc4s3)C2=O)cc1.